The molecule has 3 aromatic rings. The number of hydrogen-bond acceptors (Lipinski definition) is 0. The quantitative estimate of drug-likeness (QED) is 0.215. The zero-order chi connectivity index (χ0) is 38.8. The van der Waals surface area contributed by atoms with Crippen LogP contribution in [0.25, 0.3) is 0 Å². The van der Waals surface area contributed by atoms with Crippen molar-refractivity contribution in [2.24, 2.45) is 35.5 Å². The predicted molar refractivity (Wildman–Crippen MR) is 253 cm³/mol. The standard InChI is InChI=1S/C15H28.C15H16.C10H20.C10H14.C3H8.2CH4/c2*1-12-3-7-14(8-4-12)11-15-9-5-13(2)6-10-15;2*1-3-9-5-7-10(4-2)8-6-9;1-3-2;;/h12-15H,3-11H2,1-2H3;3-10H,11H2,1-2H3;9-10H,3-8H2,1-2H3;5-8H,3-4H2,1-2H3;3H2,1-2H3;2*1H4. The van der Waals surface area contributed by atoms with Crippen molar-refractivity contribution in [2.75, 3.05) is 0 Å². The fourth-order valence-corrected chi connectivity index (χ4v) is 8.31. The lowest BCUT2D eigenvalue weighted by atomic mass is 9.74. The van der Waals surface area contributed by atoms with Crippen molar-refractivity contribution in [2.45, 2.75) is 206 Å². The van der Waals surface area contributed by atoms with Gasteiger partial charge in [0.1, 0.15) is 0 Å². The van der Waals surface area contributed by atoms with Gasteiger partial charge in [0, 0.05) is 0 Å². The Morgan fingerprint density at radius 3 is 0.891 bits per heavy atom. The number of aryl methyl sites for hydroxylation is 4. The van der Waals surface area contributed by atoms with E-state index in [1.807, 2.05) is 0 Å². The van der Waals surface area contributed by atoms with Gasteiger partial charge in [0.25, 0.3) is 0 Å². The van der Waals surface area contributed by atoms with Crippen LogP contribution >= 0.6 is 0 Å². The van der Waals surface area contributed by atoms with E-state index >= 15 is 0 Å². The number of hydrogen-bond donors (Lipinski definition) is 0. The molecular weight excluding hydrogens is 661 g/mol. The fourth-order valence-electron chi connectivity index (χ4n) is 8.31. The maximum absolute atomic E-state index is 2.43. The lowest BCUT2D eigenvalue weighted by Crippen LogP contribution is -2.19. The van der Waals surface area contributed by atoms with E-state index in [0.29, 0.717) is 0 Å². The zero-order valence-electron chi connectivity index (χ0n) is 36.8. The first-order valence-corrected chi connectivity index (χ1v) is 22.8. The molecule has 3 aliphatic rings. The van der Waals surface area contributed by atoms with Gasteiger partial charge < -0.3 is 0 Å². The van der Waals surface area contributed by atoms with Gasteiger partial charge in [-0.25, -0.2) is 0 Å². The van der Waals surface area contributed by atoms with Crippen molar-refractivity contribution < 1.29 is 0 Å². The summed E-state index contributed by atoms with van der Waals surface area (Å²) in [4.78, 5) is 0. The minimum absolute atomic E-state index is 0. The van der Waals surface area contributed by atoms with Crippen molar-refractivity contribution in [1.29, 1.82) is 0 Å². The molecule has 0 amide bonds. The van der Waals surface area contributed by atoms with Gasteiger partial charge in [-0.15, -0.1) is 0 Å². The molecule has 0 saturated heterocycles. The fraction of sp³-hybridized carbons (Fsp3) is 0.673. The molecule has 0 nitrogen and oxygen atoms in total. The minimum Gasteiger partial charge on any atom is -0.0776 e. The van der Waals surface area contributed by atoms with E-state index in [4.69, 9.17) is 0 Å². The summed E-state index contributed by atoms with van der Waals surface area (Å²) in [5.74, 6) is 6.38. The second kappa shape index (κ2) is 31.7. The molecule has 0 unspecified atom stereocenters. The van der Waals surface area contributed by atoms with Gasteiger partial charge in [-0.3, -0.25) is 0 Å². The molecule has 3 fully saturated rings. The van der Waals surface area contributed by atoms with E-state index in [9.17, 15) is 0 Å². The van der Waals surface area contributed by atoms with Crippen molar-refractivity contribution in [1.82, 2.24) is 0 Å². The van der Waals surface area contributed by atoms with Gasteiger partial charge in [0.15, 0.2) is 0 Å². The predicted octanol–water partition coefficient (Wildman–Crippen LogP) is 18.0. The maximum atomic E-state index is 2.43. The molecule has 0 aliphatic heterocycles. The first-order chi connectivity index (χ1) is 25.6. The van der Waals surface area contributed by atoms with Crippen LogP contribution in [0.1, 0.15) is 206 Å². The maximum Gasteiger partial charge on any atom is -0.00258 e. The average molecular weight is 755 g/mol. The third kappa shape index (κ3) is 23.5. The molecule has 314 valence electrons. The smallest absolute Gasteiger partial charge is 0.00258 e. The number of rotatable bonds is 8. The van der Waals surface area contributed by atoms with Gasteiger partial charge in [0.05, 0.1) is 0 Å². The van der Waals surface area contributed by atoms with E-state index in [1.54, 1.807) is 6.42 Å². The van der Waals surface area contributed by atoms with Crippen molar-refractivity contribution in [3.05, 3.63) is 106 Å². The summed E-state index contributed by atoms with van der Waals surface area (Å²) < 4.78 is 0. The first-order valence-electron chi connectivity index (χ1n) is 22.8. The van der Waals surface area contributed by atoms with E-state index < -0.39 is 0 Å². The normalized spacial score (nSPS) is 22.8. The molecule has 0 atom stereocenters. The van der Waals surface area contributed by atoms with E-state index in [0.717, 1.165) is 54.8 Å². The van der Waals surface area contributed by atoms with Gasteiger partial charge in [-0.05, 0) is 97.3 Å². The van der Waals surface area contributed by atoms with Gasteiger partial charge in [0.2, 0.25) is 0 Å². The van der Waals surface area contributed by atoms with Crippen LogP contribution < -0.4 is 0 Å². The molecule has 3 aliphatic carbocycles. The Balaban J connectivity index is 0.000000693. The minimum atomic E-state index is 0. The Kier molecular flexibility index (Phi) is 30.4. The highest BCUT2D eigenvalue weighted by Gasteiger charge is 2.24. The van der Waals surface area contributed by atoms with Crippen LogP contribution in [-0.4, -0.2) is 0 Å². The molecular formula is C55H94. The van der Waals surface area contributed by atoms with Crippen molar-refractivity contribution in [3.63, 3.8) is 0 Å². The molecule has 0 bridgehead atoms. The summed E-state index contributed by atoms with van der Waals surface area (Å²) in [6.45, 7) is 22.4. The van der Waals surface area contributed by atoms with Crippen molar-refractivity contribution >= 4 is 0 Å². The van der Waals surface area contributed by atoms with Crippen LogP contribution in [0.4, 0.5) is 0 Å². The molecule has 0 heteroatoms. The van der Waals surface area contributed by atoms with Crippen molar-refractivity contribution in [3.8, 4) is 0 Å². The van der Waals surface area contributed by atoms with Crippen LogP contribution in [0.15, 0.2) is 72.8 Å². The van der Waals surface area contributed by atoms with E-state index in [-0.39, 0.29) is 14.9 Å². The monoisotopic (exact) mass is 755 g/mol. The SMILES string of the molecule is C.C.CC1CCC(CC2CCC(C)CC2)CC1.CCC.CCC1CCC(CC)CC1.CCc1ccc(CC)cc1.Cc1ccc(Cc2ccc(C)cc2)cc1. The molecule has 0 radical (unpaired) electrons. The summed E-state index contributed by atoms with van der Waals surface area (Å²) >= 11 is 0. The Morgan fingerprint density at radius 1 is 0.382 bits per heavy atom. The van der Waals surface area contributed by atoms with Gasteiger partial charge >= 0.3 is 0 Å². The van der Waals surface area contributed by atoms with Crippen LogP contribution in [0.2, 0.25) is 0 Å². The second-order valence-electron chi connectivity index (χ2n) is 17.6. The molecule has 0 spiro atoms. The molecule has 0 N–H and O–H groups in total. The highest BCUT2D eigenvalue weighted by atomic mass is 14.3. The lowest BCUT2D eigenvalue weighted by Gasteiger charge is -2.32. The molecule has 6 rings (SSSR count). The first kappa shape index (κ1) is 52.7. The summed E-state index contributed by atoms with van der Waals surface area (Å²) in [5.41, 5.74) is 8.26. The molecule has 0 heterocycles. The average Bonchev–Trinajstić information content (AvgIpc) is 3.19. The highest BCUT2D eigenvalue weighted by Crippen LogP contribution is 2.38. The third-order valence-electron chi connectivity index (χ3n) is 12.5. The Labute approximate surface area is 346 Å². The molecule has 0 aromatic heterocycles. The van der Waals surface area contributed by atoms with Crippen LogP contribution in [0, 0.1) is 49.4 Å². The van der Waals surface area contributed by atoms with Gasteiger partial charge in [-0.1, -0.05) is 250 Å². The van der Waals surface area contributed by atoms with Crippen LogP contribution in [0.3, 0.4) is 0 Å². The Bertz CT molecular complexity index is 1140. The largest absolute Gasteiger partial charge is 0.0776 e. The topological polar surface area (TPSA) is 0 Å². The Hall–Kier alpha value is -2.34. The second-order valence-corrected chi connectivity index (χ2v) is 17.6. The third-order valence-corrected chi connectivity index (χ3v) is 12.5. The number of benzene rings is 3. The van der Waals surface area contributed by atoms with Gasteiger partial charge in [-0.2, -0.15) is 0 Å². The summed E-state index contributed by atoms with van der Waals surface area (Å²) in [6, 6.07) is 26.3. The molecule has 55 heavy (non-hydrogen) atoms. The van der Waals surface area contributed by atoms with Crippen LogP contribution in [0.5, 0.6) is 0 Å². The summed E-state index contributed by atoms with van der Waals surface area (Å²) in [5, 5.41) is 0. The van der Waals surface area contributed by atoms with Crippen LogP contribution in [-0.2, 0) is 19.3 Å². The Morgan fingerprint density at radius 2 is 0.636 bits per heavy atom. The highest BCUT2D eigenvalue weighted by molar-refractivity contribution is 5.29. The lowest BCUT2D eigenvalue weighted by molar-refractivity contribution is 0.201. The molecule has 3 saturated carbocycles. The molecule has 3 aromatic carbocycles. The van der Waals surface area contributed by atoms with E-state index in [1.165, 1.54) is 130 Å². The van der Waals surface area contributed by atoms with E-state index in [2.05, 4.69) is 142 Å². The summed E-state index contributed by atoms with van der Waals surface area (Å²) in [7, 11) is 0. The summed E-state index contributed by atoms with van der Waals surface area (Å²) in [6.07, 6.45) is 27.2. The zero-order valence-corrected chi connectivity index (χ0v) is 36.8.